The number of anilines is 2. The van der Waals surface area contributed by atoms with Crippen LogP contribution in [0.3, 0.4) is 0 Å². The van der Waals surface area contributed by atoms with Crippen LogP contribution < -0.4 is 11.1 Å². The minimum Gasteiger partial charge on any atom is -0.508 e. The summed E-state index contributed by atoms with van der Waals surface area (Å²) in [7, 11) is 1.79. The van der Waals surface area contributed by atoms with E-state index in [1.165, 1.54) is 10.7 Å². The minimum absolute atomic E-state index is 0.0917. The van der Waals surface area contributed by atoms with E-state index in [9.17, 15) is 9.90 Å². The number of phenols is 1. The summed E-state index contributed by atoms with van der Waals surface area (Å²) in [6, 6.07) is 8.28. The molecule has 0 unspecified atom stereocenters. The Hall–Kier alpha value is -3.29. The van der Waals surface area contributed by atoms with Gasteiger partial charge in [-0.05, 0) is 12.1 Å². The van der Waals surface area contributed by atoms with Gasteiger partial charge in [-0.3, -0.25) is 9.48 Å². The van der Waals surface area contributed by atoms with Gasteiger partial charge in [-0.25, -0.2) is 4.68 Å². The van der Waals surface area contributed by atoms with Crippen molar-refractivity contribution in [2.75, 3.05) is 5.32 Å². The van der Waals surface area contributed by atoms with Crippen molar-refractivity contribution in [3.63, 3.8) is 0 Å². The Bertz CT molecular complexity index is 835. The quantitative estimate of drug-likeness (QED) is 0.669. The Morgan fingerprint density at radius 1 is 1.32 bits per heavy atom. The summed E-state index contributed by atoms with van der Waals surface area (Å²) in [5, 5.41) is 20.9. The second-order valence-corrected chi connectivity index (χ2v) is 4.72. The fraction of sp³-hybridized carbons (Fsp3) is 0.0714. The predicted octanol–water partition coefficient (Wildman–Crippen LogP) is 1.15. The number of nitrogens with two attached hydrogens (primary N) is 1. The summed E-state index contributed by atoms with van der Waals surface area (Å²) < 4.78 is 3.09. The number of hydrogen-bond donors (Lipinski definition) is 3. The maximum atomic E-state index is 11.6. The first-order valence-electron chi connectivity index (χ1n) is 6.48. The predicted molar refractivity (Wildman–Crippen MR) is 80.2 cm³/mol. The number of carbonyl (C=O) groups is 1. The van der Waals surface area contributed by atoms with Crippen LogP contribution in [0.15, 0.2) is 42.7 Å². The summed E-state index contributed by atoms with van der Waals surface area (Å²) in [6.45, 7) is 0. The number of benzene rings is 1. The molecule has 22 heavy (non-hydrogen) atoms. The van der Waals surface area contributed by atoms with E-state index in [1.807, 2.05) is 0 Å². The molecule has 0 fully saturated rings. The molecule has 1 aromatic carbocycles. The standard InChI is InChI=1S/C14H14N6O2/c1-19-6-5-12(17-19)16-11-8-20(18-13(11)14(15)22)9-3-2-4-10(21)7-9/h2-8,21H,1H3,(H2,15,22)(H,16,17). The highest BCUT2D eigenvalue weighted by Crippen LogP contribution is 2.22. The number of phenolic OH excluding ortho intramolecular Hbond substituents is 1. The van der Waals surface area contributed by atoms with Gasteiger partial charge in [0.25, 0.3) is 5.91 Å². The lowest BCUT2D eigenvalue weighted by Gasteiger charge is -2.01. The lowest BCUT2D eigenvalue weighted by Crippen LogP contribution is -2.14. The summed E-state index contributed by atoms with van der Waals surface area (Å²) in [5.41, 5.74) is 6.50. The Morgan fingerprint density at radius 2 is 2.14 bits per heavy atom. The van der Waals surface area contributed by atoms with Gasteiger partial charge in [0, 0.05) is 25.4 Å². The first kappa shape index (κ1) is 13.7. The molecule has 2 aromatic heterocycles. The molecule has 2 heterocycles. The van der Waals surface area contributed by atoms with Crippen LogP contribution in [0.1, 0.15) is 10.5 Å². The lowest BCUT2D eigenvalue weighted by atomic mass is 10.3. The van der Waals surface area contributed by atoms with Crippen molar-refractivity contribution in [3.8, 4) is 11.4 Å². The summed E-state index contributed by atoms with van der Waals surface area (Å²) in [5.74, 6) is 0.0191. The number of rotatable bonds is 4. The van der Waals surface area contributed by atoms with Crippen molar-refractivity contribution in [2.24, 2.45) is 12.8 Å². The highest BCUT2D eigenvalue weighted by Gasteiger charge is 2.16. The minimum atomic E-state index is -0.655. The highest BCUT2D eigenvalue weighted by molar-refractivity contribution is 5.97. The van der Waals surface area contributed by atoms with Gasteiger partial charge in [0.1, 0.15) is 5.75 Å². The van der Waals surface area contributed by atoms with Gasteiger partial charge in [0.2, 0.25) is 0 Å². The van der Waals surface area contributed by atoms with Crippen LogP contribution in [0.25, 0.3) is 5.69 Å². The Balaban J connectivity index is 2.00. The number of nitrogens with one attached hydrogen (secondary N) is 1. The third kappa shape index (κ3) is 2.62. The zero-order chi connectivity index (χ0) is 15.7. The highest BCUT2D eigenvalue weighted by atomic mass is 16.3. The first-order chi connectivity index (χ1) is 10.5. The molecule has 112 valence electrons. The smallest absolute Gasteiger partial charge is 0.271 e. The van der Waals surface area contributed by atoms with E-state index in [0.29, 0.717) is 17.2 Å². The van der Waals surface area contributed by atoms with Crippen LogP contribution >= 0.6 is 0 Å². The molecule has 3 aromatic rings. The topological polar surface area (TPSA) is 111 Å². The van der Waals surface area contributed by atoms with Gasteiger partial charge in [-0.15, -0.1) is 0 Å². The summed E-state index contributed by atoms with van der Waals surface area (Å²) >= 11 is 0. The molecule has 0 spiro atoms. The van der Waals surface area contributed by atoms with Gasteiger partial charge in [-0.2, -0.15) is 10.2 Å². The third-order valence-electron chi connectivity index (χ3n) is 3.02. The van der Waals surface area contributed by atoms with E-state index in [0.717, 1.165) is 0 Å². The number of amides is 1. The zero-order valence-electron chi connectivity index (χ0n) is 11.8. The zero-order valence-corrected chi connectivity index (χ0v) is 11.8. The molecule has 4 N–H and O–H groups in total. The number of primary amides is 1. The van der Waals surface area contributed by atoms with Crippen molar-refractivity contribution in [2.45, 2.75) is 0 Å². The summed E-state index contributed by atoms with van der Waals surface area (Å²) in [6.07, 6.45) is 3.38. The van der Waals surface area contributed by atoms with E-state index >= 15 is 0 Å². The van der Waals surface area contributed by atoms with E-state index < -0.39 is 5.91 Å². The SMILES string of the molecule is Cn1ccc(Nc2cn(-c3cccc(O)c3)nc2C(N)=O)n1. The van der Waals surface area contributed by atoms with Crippen molar-refractivity contribution < 1.29 is 9.90 Å². The molecule has 8 heteroatoms. The second kappa shape index (κ2) is 5.24. The Labute approximate surface area is 125 Å². The van der Waals surface area contributed by atoms with Crippen molar-refractivity contribution >= 4 is 17.4 Å². The molecular formula is C14H14N6O2. The maximum Gasteiger partial charge on any atom is 0.271 e. The Kier molecular flexibility index (Phi) is 3.26. The molecule has 0 aliphatic rings. The number of hydrogen-bond acceptors (Lipinski definition) is 5. The van der Waals surface area contributed by atoms with Crippen LogP contribution in [0.2, 0.25) is 0 Å². The van der Waals surface area contributed by atoms with Crippen molar-refractivity contribution in [1.82, 2.24) is 19.6 Å². The third-order valence-corrected chi connectivity index (χ3v) is 3.02. The number of nitrogens with zero attached hydrogens (tertiary/aromatic N) is 4. The number of aryl methyl sites for hydroxylation is 1. The number of aromatic nitrogens is 4. The van der Waals surface area contributed by atoms with E-state index in [1.54, 1.807) is 48.4 Å². The monoisotopic (exact) mass is 298 g/mol. The molecule has 8 nitrogen and oxygen atoms in total. The molecule has 0 radical (unpaired) electrons. The fourth-order valence-electron chi connectivity index (χ4n) is 2.03. The van der Waals surface area contributed by atoms with Gasteiger partial charge >= 0.3 is 0 Å². The molecule has 0 saturated heterocycles. The average Bonchev–Trinajstić information content (AvgIpc) is 3.06. The van der Waals surface area contributed by atoms with Crippen LogP contribution in [0.4, 0.5) is 11.5 Å². The molecule has 0 atom stereocenters. The Morgan fingerprint density at radius 3 is 2.77 bits per heavy atom. The van der Waals surface area contributed by atoms with Crippen LogP contribution in [0, 0.1) is 0 Å². The molecule has 0 saturated carbocycles. The van der Waals surface area contributed by atoms with Crippen LogP contribution in [-0.2, 0) is 7.05 Å². The molecule has 3 rings (SSSR count). The van der Waals surface area contributed by atoms with Gasteiger partial charge in [0.05, 0.1) is 17.6 Å². The van der Waals surface area contributed by atoms with E-state index in [2.05, 4.69) is 15.5 Å². The lowest BCUT2D eigenvalue weighted by molar-refractivity contribution is 0.0996. The average molecular weight is 298 g/mol. The normalized spacial score (nSPS) is 10.6. The van der Waals surface area contributed by atoms with Crippen molar-refractivity contribution in [3.05, 3.63) is 48.4 Å². The largest absolute Gasteiger partial charge is 0.508 e. The number of aromatic hydroxyl groups is 1. The van der Waals surface area contributed by atoms with Gasteiger partial charge in [-0.1, -0.05) is 6.07 Å². The van der Waals surface area contributed by atoms with E-state index in [4.69, 9.17) is 5.73 Å². The van der Waals surface area contributed by atoms with Gasteiger partial charge < -0.3 is 16.2 Å². The van der Waals surface area contributed by atoms with Crippen LogP contribution in [-0.4, -0.2) is 30.6 Å². The molecular weight excluding hydrogens is 284 g/mol. The van der Waals surface area contributed by atoms with Crippen molar-refractivity contribution in [1.29, 1.82) is 0 Å². The fourth-order valence-corrected chi connectivity index (χ4v) is 2.03. The molecule has 1 amide bonds. The maximum absolute atomic E-state index is 11.6. The molecule has 0 aliphatic carbocycles. The van der Waals surface area contributed by atoms with E-state index in [-0.39, 0.29) is 11.4 Å². The molecule has 0 bridgehead atoms. The summed E-state index contributed by atoms with van der Waals surface area (Å²) in [4.78, 5) is 11.6. The van der Waals surface area contributed by atoms with Gasteiger partial charge in [0.15, 0.2) is 11.5 Å². The molecule has 0 aliphatic heterocycles. The second-order valence-electron chi connectivity index (χ2n) is 4.72. The van der Waals surface area contributed by atoms with Crippen LogP contribution in [0.5, 0.6) is 5.75 Å². The number of carbonyl (C=O) groups excluding carboxylic acids is 1. The first-order valence-corrected chi connectivity index (χ1v) is 6.48.